The van der Waals surface area contributed by atoms with Gasteiger partial charge < -0.3 is 9.88 Å². The van der Waals surface area contributed by atoms with E-state index in [1.54, 1.807) is 12.1 Å². The van der Waals surface area contributed by atoms with Crippen LogP contribution in [0.1, 0.15) is 18.3 Å². The third kappa shape index (κ3) is 2.95. The molecule has 3 rings (SSSR count). The van der Waals surface area contributed by atoms with E-state index in [1.807, 2.05) is 24.3 Å². The van der Waals surface area contributed by atoms with E-state index in [4.69, 9.17) is 0 Å². The van der Waals surface area contributed by atoms with Gasteiger partial charge in [0.25, 0.3) is 0 Å². The molecule has 0 unspecified atom stereocenters. The summed E-state index contributed by atoms with van der Waals surface area (Å²) < 4.78 is 15.3. The Kier molecular flexibility index (Phi) is 3.97. The fraction of sp³-hybridized carbons (Fsp3) is 0.235. The average molecular weight is 283 g/mol. The van der Waals surface area contributed by atoms with Crippen molar-refractivity contribution < 1.29 is 4.39 Å². The number of aromatic nitrogens is 2. The van der Waals surface area contributed by atoms with Gasteiger partial charge in [0, 0.05) is 13.1 Å². The standard InChI is InChI=1S/C17H18FN3/c1-2-21-16-9-4-3-8-15(16)20-17(21)12-19-11-13-6-5-7-14(18)10-13/h3-10,19H,2,11-12H2,1H3. The van der Waals surface area contributed by atoms with E-state index in [9.17, 15) is 4.39 Å². The number of nitrogens with zero attached hydrogens (tertiary/aromatic N) is 2. The summed E-state index contributed by atoms with van der Waals surface area (Å²) >= 11 is 0. The van der Waals surface area contributed by atoms with Crippen LogP contribution in [0.3, 0.4) is 0 Å². The Hall–Kier alpha value is -2.20. The van der Waals surface area contributed by atoms with Crippen LogP contribution in [0.2, 0.25) is 0 Å². The van der Waals surface area contributed by atoms with Crippen molar-refractivity contribution in [2.24, 2.45) is 0 Å². The van der Waals surface area contributed by atoms with E-state index in [1.165, 1.54) is 6.07 Å². The second kappa shape index (κ2) is 6.06. The van der Waals surface area contributed by atoms with Crippen molar-refractivity contribution in [1.82, 2.24) is 14.9 Å². The number of aryl methyl sites for hydroxylation is 1. The molecule has 0 aliphatic heterocycles. The van der Waals surface area contributed by atoms with E-state index in [0.29, 0.717) is 13.1 Å². The van der Waals surface area contributed by atoms with E-state index < -0.39 is 0 Å². The van der Waals surface area contributed by atoms with Crippen LogP contribution in [-0.4, -0.2) is 9.55 Å². The second-order valence-electron chi connectivity index (χ2n) is 4.99. The van der Waals surface area contributed by atoms with Crippen molar-refractivity contribution in [3.8, 4) is 0 Å². The van der Waals surface area contributed by atoms with Crippen LogP contribution in [0.25, 0.3) is 11.0 Å². The smallest absolute Gasteiger partial charge is 0.123 e. The van der Waals surface area contributed by atoms with E-state index in [0.717, 1.165) is 29.0 Å². The first-order valence-electron chi connectivity index (χ1n) is 7.17. The number of hydrogen-bond donors (Lipinski definition) is 1. The van der Waals surface area contributed by atoms with Gasteiger partial charge in [0.2, 0.25) is 0 Å². The molecule has 1 heterocycles. The summed E-state index contributed by atoms with van der Waals surface area (Å²) in [7, 11) is 0. The Morgan fingerprint density at radius 2 is 1.95 bits per heavy atom. The topological polar surface area (TPSA) is 29.9 Å². The largest absolute Gasteiger partial charge is 0.327 e. The van der Waals surface area contributed by atoms with Gasteiger partial charge in [-0.15, -0.1) is 0 Å². The third-order valence-corrected chi connectivity index (χ3v) is 3.55. The van der Waals surface area contributed by atoms with E-state index >= 15 is 0 Å². The fourth-order valence-electron chi connectivity index (χ4n) is 2.58. The molecular weight excluding hydrogens is 265 g/mol. The molecule has 0 radical (unpaired) electrons. The lowest BCUT2D eigenvalue weighted by Crippen LogP contribution is -2.16. The maximum Gasteiger partial charge on any atom is 0.123 e. The zero-order valence-electron chi connectivity index (χ0n) is 12.0. The van der Waals surface area contributed by atoms with Crippen molar-refractivity contribution in [2.75, 3.05) is 0 Å². The first-order valence-corrected chi connectivity index (χ1v) is 7.17. The van der Waals surface area contributed by atoms with Gasteiger partial charge in [0.1, 0.15) is 11.6 Å². The molecule has 0 bridgehead atoms. The maximum absolute atomic E-state index is 13.1. The Labute approximate surface area is 123 Å². The molecule has 0 saturated carbocycles. The summed E-state index contributed by atoms with van der Waals surface area (Å²) in [5.41, 5.74) is 3.11. The lowest BCUT2D eigenvalue weighted by atomic mass is 10.2. The molecule has 3 nitrogen and oxygen atoms in total. The van der Waals surface area contributed by atoms with Crippen LogP contribution in [0.5, 0.6) is 0 Å². The molecule has 2 aromatic carbocycles. The number of nitrogens with one attached hydrogen (secondary N) is 1. The van der Waals surface area contributed by atoms with Gasteiger partial charge in [-0.3, -0.25) is 0 Å². The highest BCUT2D eigenvalue weighted by Crippen LogP contribution is 2.15. The highest BCUT2D eigenvalue weighted by atomic mass is 19.1. The zero-order chi connectivity index (χ0) is 14.7. The van der Waals surface area contributed by atoms with Gasteiger partial charge >= 0.3 is 0 Å². The zero-order valence-corrected chi connectivity index (χ0v) is 12.0. The number of halogens is 1. The maximum atomic E-state index is 13.1. The predicted octanol–water partition coefficient (Wildman–Crippen LogP) is 3.49. The summed E-state index contributed by atoms with van der Waals surface area (Å²) in [6.45, 7) is 4.30. The first kappa shape index (κ1) is 13.8. The number of para-hydroxylation sites is 2. The van der Waals surface area contributed by atoms with Gasteiger partial charge in [-0.1, -0.05) is 24.3 Å². The monoisotopic (exact) mass is 283 g/mol. The number of imidazole rings is 1. The Bertz CT molecular complexity index is 749. The van der Waals surface area contributed by atoms with Crippen molar-refractivity contribution >= 4 is 11.0 Å². The minimum absolute atomic E-state index is 0.199. The van der Waals surface area contributed by atoms with Crippen molar-refractivity contribution in [3.05, 3.63) is 65.7 Å². The lowest BCUT2D eigenvalue weighted by molar-refractivity contribution is 0.607. The number of benzene rings is 2. The molecule has 0 amide bonds. The Balaban J connectivity index is 1.73. The molecule has 0 spiro atoms. The van der Waals surface area contributed by atoms with Crippen LogP contribution in [0.4, 0.5) is 4.39 Å². The van der Waals surface area contributed by atoms with Crippen molar-refractivity contribution in [2.45, 2.75) is 26.6 Å². The van der Waals surface area contributed by atoms with Gasteiger partial charge in [-0.05, 0) is 36.8 Å². The molecular formula is C17H18FN3. The van der Waals surface area contributed by atoms with Gasteiger partial charge in [0.05, 0.1) is 17.6 Å². The van der Waals surface area contributed by atoms with Crippen LogP contribution in [0.15, 0.2) is 48.5 Å². The minimum Gasteiger partial charge on any atom is -0.327 e. The molecule has 3 aromatic rings. The Morgan fingerprint density at radius 3 is 2.76 bits per heavy atom. The normalized spacial score (nSPS) is 11.1. The molecule has 4 heteroatoms. The molecule has 0 atom stereocenters. The van der Waals surface area contributed by atoms with Crippen molar-refractivity contribution in [3.63, 3.8) is 0 Å². The summed E-state index contributed by atoms with van der Waals surface area (Å²) in [6, 6.07) is 14.8. The summed E-state index contributed by atoms with van der Waals surface area (Å²) in [4.78, 5) is 4.66. The van der Waals surface area contributed by atoms with Gasteiger partial charge in [0.15, 0.2) is 0 Å². The minimum atomic E-state index is -0.199. The average Bonchev–Trinajstić information content (AvgIpc) is 2.84. The summed E-state index contributed by atoms with van der Waals surface area (Å²) in [5, 5.41) is 3.33. The number of fused-ring (bicyclic) bond motifs is 1. The first-order chi connectivity index (χ1) is 10.3. The quantitative estimate of drug-likeness (QED) is 0.777. The van der Waals surface area contributed by atoms with Crippen LogP contribution >= 0.6 is 0 Å². The second-order valence-corrected chi connectivity index (χ2v) is 4.99. The highest BCUT2D eigenvalue weighted by molar-refractivity contribution is 5.75. The summed E-state index contributed by atoms with van der Waals surface area (Å²) in [6.07, 6.45) is 0. The number of hydrogen-bond acceptors (Lipinski definition) is 2. The third-order valence-electron chi connectivity index (χ3n) is 3.55. The predicted molar refractivity (Wildman–Crippen MR) is 82.4 cm³/mol. The molecule has 0 saturated heterocycles. The van der Waals surface area contributed by atoms with E-state index in [2.05, 4.69) is 27.9 Å². The molecule has 0 aliphatic rings. The van der Waals surface area contributed by atoms with Crippen LogP contribution < -0.4 is 5.32 Å². The lowest BCUT2D eigenvalue weighted by Gasteiger charge is -2.07. The van der Waals surface area contributed by atoms with Crippen LogP contribution in [-0.2, 0) is 19.6 Å². The summed E-state index contributed by atoms with van der Waals surface area (Å²) in [5.74, 6) is 0.810. The van der Waals surface area contributed by atoms with Gasteiger partial charge in [-0.25, -0.2) is 9.37 Å². The molecule has 0 fully saturated rings. The fourth-order valence-corrected chi connectivity index (χ4v) is 2.58. The molecule has 1 N–H and O–H groups in total. The van der Waals surface area contributed by atoms with Crippen LogP contribution in [0, 0.1) is 5.82 Å². The SMILES string of the molecule is CCn1c(CNCc2cccc(F)c2)nc2ccccc21. The molecule has 1 aromatic heterocycles. The highest BCUT2D eigenvalue weighted by Gasteiger charge is 2.08. The van der Waals surface area contributed by atoms with E-state index in [-0.39, 0.29) is 5.82 Å². The molecule has 108 valence electrons. The van der Waals surface area contributed by atoms with Gasteiger partial charge in [-0.2, -0.15) is 0 Å². The molecule has 21 heavy (non-hydrogen) atoms. The number of rotatable bonds is 5. The van der Waals surface area contributed by atoms with Crippen molar-refractivity contribution in [1.29, 1.82) is 0 Å². The molecule has 0 aliphatic carbocycles. The Morgan fingerprint density at radius 1 is 1.10 bits per heavy atom.